The first-order chi connectivity index (χ1) is 10.7. The molecule has 4 nitrogen and oxygen atoms in total. The number of anilines is 1. The van der Waals surface area contributed by atoms with Crippen LogP contribution in [0.1, 0.15) is 13.8 Å². The molecule has 0 bridgehead atoms. The molecule has 0 N–H and O–H groups in total. The van der Waals surface area contributed by atoms with Gasteiger partial charge in [0.1, 0.15) is 5.75 Å². The fraction of sp³-hybridized carbons (Fsp3) is 0.412. The second-order valence-electron chi connectivity index (χ2n) is 5.57. The van der Waals surface area contributed by atoms with Crippen molar-refractivity contribution in [2.75, 3.05) is 29.5 Å². The Hall–Kier alpha value is -1.75. The van der Waals surface area contributed by atoms with Gasteiger partial charge >= 0.3 is 0 Å². The van der Waals surface area contributed by atoms with Gasteiger partial charge in [-0.15, -0.1) is 10.2 Å². The van der Waals surface area contributed by atoms with Crippen molar-refractivity contribution in [2.24, 2.45) is 0 Å². The van der Waals surface area contributed by atoms with Crippen molar-refractivity contribution >= 4 is 17.6 Å². The predicted molar refractivity (Wildman–Crippen MR) is 92.8 cm³/mol. The van der Waals surface area contributed by atoms with Gasteiger partial charge in [-0.3, -0.25) is 0 Å². The zero-order valence-electron chi connectivity index (χ0n) is 13.0. The second-order valence-corrected chi connectivity index (χ2v) is 6.80. The van der Waals surface area contributed by atoms with E-state index in [-0.39, 0.29) is 6.10 Å². The first-order valence-electron chi connectivity index (χ1n) is 7.66. The first kappa shape index (κ1) is 15.2. The SMILES string of the molecule is CC(C)Oc1cccc(-c2ccc(N3CCSCC3)nn2)c1. The molecule has 22 heavy (non-hydrogen) atoms. The van der Waals surface area contributed by atoms with Crippen LogP contribution in [0.25, 0.3) is 11.3 Å². The molecular weight excluding hydrogens is 294 g/mol. The monoisotopic (exact) mass is 315 g/mol. The zero-order chi connectivity index (χ0) is 15.4. The summed E-state index contributed by atoms with van der Waals surface area (Å²) < 4.78 is 5.74. The highest BCUT2D eigenvalue weighted by Crippen LogP contribution is 2.24. The predicted octanol–water partition coefficient (Wildman–Crippen LogP) is 3.48. The van der Waals surface area contributed by atoms with Crippen LogP contribution in [0.3, 0.4) is 0 Å². The summed E-state index contributed by atoms with van der Waals surface area (Å²) >= 11 is 2.00. The van der Waals surface area contributed by atoms with Crippen molar-refractivity contribution in [3.8, 4) is 17.0 Å². The maximum absolute atomic E-state index is 5.74. The smallest absolute Gasteiger partial charge is 0.151 e. The Bertz CT molecular complexity index is 610. The van der Waals surface area contributed by atoms with Crippen LogP contribution in [0.2, 0.25) is 0 Å². The molecule has 0 atom stereocenters. The number of hydrogen-bond donors (Lipinski definition) is 0. The lowest BCUT2D eigenvalue weighted by Gasteiger charge is -2.26. The molecule has 2 heterocycles. The molecule has 116 valence electrons. The van der Waals surface area contributed by atoms with Gasteiger partial charge < -0.3 is 9.64 Å². The van der Waals surface area contributed by atoms with Gasteiger partial charge in [0.05, 0.1) is 11.8 Å². The highest BCUT2D eigenvalue weighted by Gasteiger charge is 2.13. The van der Waals surface area contributed by atoms with Crippen LogP contribution in [-0.4, -0.2) is 40.9 Å². The fourth-order valence-electron chi connectivity index (χ4n) is 2.44. The Labute approximate surface area is 135 Å². The highest BCUT2D eigenvalue weighted by molar-refractivity contribution is 7.99. The van der Waals surface area contributed by atoms with Gasteiger partial charge in [0.25, 0.3) is 0 Å². The Morgan fingerprint density at radius 3 is 2.59 bits per heavy atom. The van der Waals surface area contributed by atoms with E-state index in [9.17, 15) is 0 Å². The number of thioether (sulfide) groups is 1. The molecule has 1 fully saturated rings. The summed E-state index contributed by atoms with van der Waals surface area (Å²) in [6.45, 7) is 6.16. The minimum Gasteiger partial charge on any atom is -0.491 e. The molecule has 2 aromatic rings. The van der Waals surface area contributed by atoms with E-state index in [1.54, 1.807) is 0 Å². The summed E-state index contributed by atoms with van der Waals surface area (Å²) in [7, 11) is 0. The third-order valence-electron chi connectivity index (χ3n) is 3.49. The lowest BCUT2D eigenvalue weighted by atomic mass is 10.1. The summed E-state index contributed by atoms with van der Waals surface area (Å²) in [4.78, 5) is 2.30. The molecular formula is C17H21N3OS. The number of benzene rings is 1. The third kappa shape index (κ3) is 3.71. The minimum absolute atomic E-state index is 0.167. The molecule has 1 aromatic heterocycles. The maximum atomic E-state index is 5.74. The summed E-state index contributed by atoms with van der Waals surface area (Å²) in [5, 5.41) is 8.79. The molecule has 3 rings (SSSR count). The van der Waals surface area contributed by atoms with Crippen LogP contribution < -0.4 is 9.64 Å². The van der Waals surface area contributed by atoms with E-state index in [0.29, 0.717) is 0 Å². The number of hydrogen-bond acceptors (Lipinski definition) is 5. The van der Waals surface area contributed by atoms with E-state index in [1.807, 2.05) is 55.9 Å². The summed E-state index contributed by atoms with van der Waals surface area (Å²) in [5.74, 6) is 4.17. The average molecular weight is 315 g/mol. The number of rotatable bonds is 4. The van der Waals surface area contributed by atoms with E-state index in [0.717, 1.165) is 47.4 Å². The van der Waals surface area contributed by atoms with Crippen molar-refractivity contribution in [3.05, 3.63) is 36.4 Å². The zero-order valence-corrected chi connectivity index (χ0v) is 13.8. The van der Waals surface area contributed by atoms with Crippen LogP contribution in [0.5, 0.6) is 5.75 Å². The van der Waals surface area contributed by atoms with Crippen molar-refractivity contribution in [2.45, 2.75) is 20.0 Å². The van der Waals surface area contributed by atoms with Crippen molar-refractivity contribution in [1.29, 1.82) is 0 Å². The maximum Gasteiger partial charge on any atom is 0.151 e. The second kappa shape index (κ2) is 7.01. The molecule has 1 aliphatic rings. The lowest BCUT2D eigenvalue weighted by molar-refractivity contribution is 0.242. The van der Waals surface area contributed by atoms with E-state index in [1.165, 1.54) is 0 Å². The third-order valence-corrected chi connectivity index (χ3v) is 4.43. The minimum atomic E-state index is 0.167. The summed E-state index contributed by atoms with van der Waals surface area (Å²) in [5.41, 5.74) is 1.91. The van der Waals surface area contributed by atoms with Gasteiger partial charge in [0.15, 0.2) is 5.82 Å². The van der Waals surface area contributed by atoms with E-state index >= 15 is 0 Å². The first-order valence-corrected chi connectivity index (χ1v) is 8.81. The van der Waals surface area contributed by atoms with Crippen molar-refractivity contribution < 1.29 is 4.74 Å². The van der Waals surface area contributed by atoms with Crippen LogP contribution >= 0.6 is 11.8 Å². The van der Waals surface area contributed by atoms with Gasteiger partial charge in [-0.2, -0.15) is 11.8 Å². The Kier molecular flexibility index (Phi) is 4.83. The lowest BCUT2D eigenvalue weighted by Crippen LogP contribution is -2.33. The van der Waals surface area contributed by atoms with Gasteiger partial charge in [0, 0.05) is 30.2 Å². The Morgan fingerprint density at radius 1 is 1.09 bits per heavy atom. The normalized spacial score (nSPS) is 15.1. The molecule has 0 unspecified atom stereocenters. The topological polar surface area (TPSA) is 38.2 Å². The van der Waals surface area contributed by atoms with Crippen molar-refractivity contribution in [3.63, 3.8) is 0 Å². The molecule has 5 heteroatoms. The molecule has 1 aliphatic heterocycles. The van der Waals surface area contributed by atoms with Gasteiger partial charge in [-0.25, -0.2) is 0 Å². The highest BCUT2D eigenvalue weighted by atomic mass is 32.2. The largest absolute Gasteiger partial charge is 0.491 e. The van der Waals surface area contributed by atoms with E-state index < -0.39 is 0 Å². The number of nitrogens with zero attached hydrogens (tertiary/aromatic N) is 3. The van der Waals surface area contributed by atoms with Crippen LogP contribution in [0.15, 0.2) is 36.4 Å². The fourth-order valence-corrected chi connectivity index (χ4v) is 3.34. The summed E-state index contributed by atoms with van der Waals surface area (Å²) in [6.07, 6.45) is 0.167. The quantitative estimate of drug-likeness (QED) is 0.863. The Balaban J connectivity index is 1.77. The average Bonchev–Trinajstić information content (AvgIpc) is 2.55. The molecule has 0 aliphatic carbocycles. The molecule has 0 saturated carbocycles. The number of ether oxygens (including phenoxy) is 1. The molecule has 0 spiro atoms. The molecule has 0 amide bonds. The number of aromatic nitrogens is 2. The summed E-state index contributed by atoms with van der Waals surface area (Å²) in [6, 6.07) is 12.1. The van der Waals surface area contributed by atoms with Gasteiger partial charge in [-0.05, 0) is 38.1 Å². The Morgan fingerprint density at radius 2 is 1.91 bits per heavy atom. The van der Waals surface area contributed by atoms with Crippen molar-refractivity contribution in [1.82, 2.24) is 10.2 Å². The van der Waals surface area contributed by atoms with Crippen LogP contribution in [0.4, 0.5) is 5.82 Å². The van der Waals surface area contributed by atoms with Gasteiger partial charge in [0.2, 0.25) is 0 Å². The van der Waals surface area contributed by atoms with Gasteiger partial charge in [-0.1, -0.05) is 12.1 Å². The molecule has 1 saturated heterocycles. The van der Waals surface area contributed by atoms with Crippen LogP contribution in [0, 0.1) is 0 Å². The molecule has 1 aromatic carbocycles. The molecule has 0 radical (unpaired) electrons. The standard InChI is InChI=1S/C17H21N3OS/c1-13(2)21-15-5-3-4-14(12-15)16-6-7-17(19-18-16)20-8-10-22-11-9-20/h3-7,12-13H,8-11H2,1-2H3. The van der Waals surface area contributed by atoms with E-state index in [4.69, 9.17) is 4.74 Å². The van der Waals surface area contributed by atoms with Crippen LogP contribution in [-0.2, 0) is 0 Å². The van der Waals surface area contributed by atoms with E-state index in [2.05, 4.69) is 21.2 Å².